The van der Waals surface area contributed by atoms with Crippen molar-refractivity contribution in [2.24, 2.45) is 0 Å². The number of hydrogen-bond donors (Lipinski definition) is 1. The summed E-state index contributed by atoms with van der Waals surface area (Å²) in [6, 6.07) is 3.63. The summed E-state index contributed by atoms with van der Waals surface area (Å²) in [4.78, 5) is 25.0. The number of unbranched alkanes of at least 4 members (excludes halogenated alkanes) is 2. The lowest BCUT2D eigenvalue weighted by atomic mass is 10.1. The molecule has 1 aromatic rings. The van der Waals surface area contributed by atoms with Gasteiger partial charge in [-0.1, -0.05) is 0 Å². The standard InChI is InChI=1S/C13H14FNO3/c14-9-4-5-10-11(8-9)13(18)15(12(10)17)6-2-1-3-7-16/h4-5,8,16H,1-3,6-7H2. The predicted octanol–water partition coefficient (Wildman–Crippen LogP) is 1.58. The maximum absolute atomic E-state index is 13.0. The van der Waals surface area contributed by atoms with Crippen LogP contribution in [-0.4, -0.2) is 35.0 Å². The minimum absolute atomic E-state index is 0.104. The molecule has 0 atom stereocenters. The maximum atomic E-state index is 13.0. The van der Waals surface area contributed by atoms with E-state index in [-0.39, 0.29) is 23.6 Å². The van der Waals surface area contributed by atoms with Gasteiger partial charge in [-0.2, -0.15) is 0 Å². The second-order valence-electron chi connectivity index (χ2n) is 4.24. The van der Waals surface area contributed by atoms with E-state index in [9.17, 15) is 14.0 Å². The maximum Gasteiger partial charge on any atom is 0.261 e. The summed E-state index contributed by atoms with van der Waals surface area (Å²) in [6.45, 7) is 0.418. The lowest BCUT2D eigenvalue weighted by Crippen LogP contribution is -2.30. The van der Waals surface area contributed by atoms with Gasteiger partial charge in [0.05, 0.1) is 11.1 Å². The second kappa shape index (κ2) is 5.27. The number of nitrogens with zero attached hydrogens (tertiary/aromatic N) is 1. The van der Waals surface area contributed by atoms with E-state index in [0.717, 1.165) is 17.4 Å². The molecule has 1 aliphatic heterocycles. The molecule has 18 heavy (non-hydrogen) atoms. The Balaban J connectivity index is 2.08. The third-order valence-electron chi connectivity index (χ3n) is 2.97. The highest BCUT2D eigenvalue weighted by atomic mass is 19.1. The number of imide groups is 1. The average Bonchev–Trinajstić information content (AvgIpc) is 2.59. The van der Waals surface area contributed by atoms with E-state index in [1.165, 1.54) is 12.1 Å². The van der Waals surface area contributed by atoms with Crippen molar-refractivity contribution in [1.29, 1.82) is 0 Å². The number of hydrogen-bond acceptors (Lipinski definition) is 3. The van der Waals surface area contributed by atoms with Crippen molar-refractivity contribution in [2.75, 3.05) is 13.2 Å². The van der Waals surface area contributed by atoms with Gasteiger partial charge in [-0.25, -0.2) is 4.39 Å². The summed E-state index contributed by atoms with van der Waals surface area (Å²) in [7, 11) is 0. The normalized spacial score (nSPS) is 14.2. The molecule has 2 amide bonds. The molecular weight excluding hydrogens is 237 g/mol. The van der Waals surface area contributed by atoms with Crippen LogP contribution in [0.1, 0.15) is 40.0 Å². The number of aliphatic hydroxyl groups excluding tert-OH is 1. The zero-order valence-corrected chi connectivity index (χ0v) is 9.86. The van der Waals surface area contributed by atoms with Gasteiger partial charge < -0.3 is 5.11 Å². The lowest BCUT2D eigenvalue weighted by molar-refractivity contribution is 0.0651. The van der Waals surface area contributed by atoms with Crippen molar-refractivity contribution >= 4 is 11.8 Å². The smallest absolute Gasteiger partial charge is 0.261 e. The van der Waals surface area contributed by atoms with Gasteiger partial charge >= 0.3 is 0 Å². The molecule has 1 N–H and O–H groups in total. The summed E-state index contributed by atoms with van der Waals surface area (Å²) in [5.74, 6) is -1.31. The van der Waals surface area contributed by atoms with Gasteiger partial charge in [-0.05, 0) is 37.5 Å². The van der Waals surface area contributed by atoms with Crippen LogP contribution in [0.2, 0.25) is 0 Å². The van der Waals surface area contributed by atoms with E-state index >= 15 is 0 Å². The fourth-order valence-electron chi connectivity index (χ4n) is 2.02. The molecule has 0 spiro atoms. The minimum atomic E-state index is -0.517. The Hall–Kier alpha value is -1.75. The Morgan fingerprint density at radius 1 is 1.06 bits per heavy atom. The fraction of sp³-hybridized carbons (Fsp3) is 0.385. The minimum Gasteiger partial charge on any atom is -0.396 e. The van der Waals surface area contributed by atoms with Crippen molar-refractivity contribution < 1.29 is 19.1 Å². The van der Waals surface area contributed by atoms with Crippen LogP contribution in [0.4, 0.5) is 4.39 Å². The molecular formula is C13H14FNO3. The highest BCUT2D eigenvalue weighted by Gasteiger charge is 2.35. The summed E-state index contributed by atoms with van der Waals surface area (Å²) >= 11 is 0. The number of aliphatic hydroxyl groups is 1. The molecule has 1 aromatic carbocycles. The largest absolute Gasteiger partial charge is 0.396 e. The van der Waals surface area contributed by atoms with Gasteiger partial charge in [0.15, 0.2) is 0 Å². The van der Waals surface area contributed by atoms with Crippen LogP contribution in [0.5, 0.6) is 0 Å². The first-order chi connectivity index (χ1) is 8.65. The van der Waals surface area contributed by atoms with Crippen molar-refractivity contribution in [3.8, 4) is 0 Å². The topological polar surface area (TPSA) is 57.6 Å². The molecule has 96 valence electrons. The number of carbonyl (C=O) groups is 2. The Bertz CT molecular complexity index is 487. The first-order valence-electron chi connectivity index (χ1n) is 5.91. The molecule has 5 heteroatoms. The van der Waals surface area contributed by atoms with E-state index in [4.69, 9.17) is 5.11 Å². The van der Waals surface area contributed by atoms with E-state index in [1.807, 2.05) is 0 Å². The zero-order chi connectivity index (χ0) is 13.1. The molecule has 0 fully saturated rings. The number of halogens is 1. The van der Waals surface area contributed by atoms with Crippen LogP contribution in [0, 0.1) is 5.82 Å². The Labute approximate surface area is 104 Å². The zero-order valence-electron chi connectivity index (χ0n) is 9.86. The Morgan fingerprint density at radius 3 is 2.50 bits per heavy atom. The number of fused-ring (bicyclic) bond motifs is 1. The molecule has 2 rings (SSSR count). The SMILES string of the molecule is O=C1c2ccc(F)cc2C(=O)N1CCCCCO. The molecule has 0 unspecified atom stereocenters. The molecule has 0 radical (unpaired) electrons. The third-order valence-corrected chi connectivity index (χ3v) is 2.97. The quantitative estimate of drug-likeness (QED) is 0.638. The van der Waals surface area contributed by atoms with Gasteiger partial charge in [-0.15, -0.1) is 0 Å². The van der Waals surface area contributed by atoms with Crippen molar-refractivity contribution in [3.63, 3.8) is 0 Å². The second-order valence-corrected chi connectivity index (χ2v) is 4.24. The predicted molar refractivity (Wildman–Crippen MR) is 62.7 cm³/mol. The Morgan fingerprint density at radius 2 is 1.78 bits per heavy atom. The number of benzene rings is 1. The van der Waals surface area contributed by atoms with Crippen molar-refractivity contribution in [3.05, 3.63) is 35.1 Å². The first kappa shape index (κ1) is 12.7. The third kappa shape index (κ3) is 2.26. The molecule has 1 heterocycles. The Kier molecular flexibility index (Phi) is 3.72. The summed E-state index contributed by atoms with van der Waals surface area (Å²) in [5.41, 5.74) is 0.408. The van der Waals surface area contributed by atoms with Crippen LogP contribution in [0.25, 0.3) is 0 Å². The molecule has 0 saturated heterocycles. The average molecular weight is 251 g/mol. The van der Waals surface area contributed by atoms with E-state index in [0.29, 0.717) is 19.4 Å². The molecule has 0 aromatic heterocycles. The van der Waals surface area contributed by atoms with Crippen LogP contribution >= 0.6 is 0 Å². The lowest BCUT2D eigenvalue weighted by Gasteiger charge is -2.12. The summed E-state index contributed by atoms with van der Waals surface area (Å²) in [5, 5.41) is 8.65. The van der Waals surface area contributed by atoms with E-state index in [1.54, 1.807) is 0 Å². The number of amides is 2. The van der Waals surface area contributed by atoms with Gasteiger partial charge in [0.25, 0.3) is 11.8 Å². The first-order valence-corrected chi connectivity index (χ1v) is 5.91. The van der Waals surface area contributed by atoms with E-state index < -0.39 is 11.7 Å². The fourth-order valence-corrected chi connectivity index (χ4v) is 2.02. The van der Waals surface area contributed by atoms with Crippen LogP contribution in [0.3, 0.4) is 0 Å². The summed E-state index contributed by atoms with van der Waals surface area (Å²) in [6.07, 6.45) is 2.05. The molecule has 1 aliphatic rings. The monoisotopic (exact) mass is 251 g/mol. The summed E-state index contributed by atoms with van der Waals surface area (Å²) < 4.78 is 13.0. The van der Waals surface area contributed by atoms with Crippen LogP contribution in [-0.2, 0) is 0 Å². The highest BCUT2D eigenvalue weighted by Crippen LogP contribution is 2.23. The van der Waals surface area contributed by atoms with Gasteiger partial charge in [0, 0.05) is 13.2 Å². The highest BCUT2D eigenvalue weighted by molar-refractivity contribution is 6.21. The molecule has 4 nitrogen and oxygen atoms in total. The number of rotatable bonds is 5. The van der Waals surface area contributed by atoms with Crippen molar-refractivity contribution in [1.82, 2.24) is 4.90 Å². The number of carbonyl (C=O) groups excluding carboxylic acids is 2. The molecule has 0 bridgehead atoms. The van der Waals surface area contributed by atoms with E-state index in [2.05, 4.69) is 0 Å². The van der Waals surface area contributed by atoms with Gasteiger partial charge in [0.1, 0.15) is 5.82 Å². The molecule has 0 aliphatic carbocycles. The molecule has 0 saturated carbocycles. The van der Waals surface area contributed by atoms with Crippen LogP contribution in [0.15, 0.2) is 18.2 Å². The van der Waals surface area contributed by atoms with Gasteiger partial charge in [-0.3, -0.25) is 14.5 Å². The van der Waals surface area contributed by atoms with Crippen molar-refractivity contribution in [2.45, 2.75) is 19.3 Å². The van der Waals surface area contributed by atoms with Gasteiger partial charge in [0.2, 0.25) is 0 Å². The van der Waals surface area contributed by atoms with Crippen LogP contribution < -0.4 is 0 Å².